The molecule has 8 nitrogen and oxygen atoms in total. The van der Waals surface area contributed by atoms with E-state index >= 15 is 0 Å². The minimum absolute atomic E-state index is 0.00433. The maximum atomic E-state index is 12.8. The highest BCUT2D eigenvalue weighted by atomic mass is 32.1. The molecule has 1 atom stereocenters. The summed E-state index contributed by atoms with van der Waals surface area (Å²) in [7, 11) is 1.90. The van der Waals surface area contributed by atoms with E-state index in [4.69, 9.17) is 0 Å². The molecule has 4 aromatic heterocycles. The van der Waals surface area contributed by atoms with Gasteiger partial charge in [-0.15, -0.1) is 11.3 Å². The second kappa shape index (κ2) is 8.14. The number of fused-ring (bicyclic) bond motifs is 1. The first-order valence-corrected chi connectivity index (χ1v) is 10.9. The molecule has 0 aliphatic rings. The van der Waals surface area contributed by atoms with Crippen molar-refractivity contribution in [1.29, 1.82) is 0 Å². The standard InChI is InChI=1S/C22H25N7OS/c1-13(6-18(30)15-7-17-16(10-23-15)27-12-29(17)5)19-11-26-21(31-19)28-14-8-24-20(25-9-14)22(2,3)4/h7-13H,6H2,1-5H3,(H,26,28). The summed E-state index contributed by atoms with van der Waals surface area (Å²) in [5, 5.41) is 3.99. The molecule has 0 radical (unpaired) electrons. The van der Waals surface area contributed by atoms with Gasteiger partial charge in [-0.2, -0.15) is 0 Å². The number of nitrogens with zero attached hydrogens (tertiary/aromatic N) is 6. The Morgan fingerprint density at radius 2 is 1.84 bits per heavy atom. The molecule has 0 spiro atoms. The Hall–Kier alpha value is -3.20. The van der Waals surface area contributed by atoms with Gasteiger partial charge in [-0.1, -0.05) is 27.7 Å². The number of Topliss-reactive ketones (excluding diaryl/α,β-unsaturated/α-hetero) is 1. The van der Waals surface area contributed by atoms with E-state index in [-0.39, 0.29) is 17.1 Å². The third-order valence-electron chi connectivity index (χ3n) is 4.97. The van der Waals surface area contributed by atoms with Gasteiger partial charge in [-0.25, -0.2) is 19.9 Å². The lowest BCUT2D eigenvalue weighted by Crippen LogP contribution is -2.15. The molecule has 0 saturated heterocycles. The average molecular weight is 436 g/mol. The van der Waals surface area contributed by atoms with Gasteiger partial charge in [0.05, 0.1) is 36.1 Å². The molecule has 4 aromatic rings. The Labute approximate surface area is 184 Å². The highest BCUT2D eigenvalue weighted by Crippen LogP contribution is 2.30. The number of hydrogen-bond acceptors (Lipinski definition) is 8. The zero-order chi connectivity index (χ0) is 22.2. The number of carbonyl (C=O) groups excluding carboxylic acids is 1. The van der Waals surface area contributed by atoms with Gasteiger partial charge in [0.1, 0.15) is 17.0 Å². The number of imidazole rings is 1. The van der Waals surface area contributed by atoms with Crippen LogP contribution in [-0.4, -0.2) is 35.3 Å². The molecule has 9 heteroatoms. The van der Waals surface area contributed by atoms with Gasteiger partial charge in [-0.3, -0.25) is 9.78 Å². The van der Waals surface area contributed by atoms with Crippen molar-refractivity contribution >= 4 is 39.0 Å². The molecule has 0 aliphatic heterocycles. The fourth-order valence-electron chi connectivity index (χ4n) is 3.14. The van der Waals surface area contributed by atoms with Gasteiger partial charge >= 0.3 is 0 Å². The summed E-state index contributed by atoms with van der Waals surface area (Å²) < 4.78 is 1.89. The molecular formula is C22H25N7OS. The molecule has 0 fully saturated rings. The number of nitrogens with one attached hydrogen (secondary N) is 1. The first-order valence-electron chi connectivity index (χ1n) is 10.1. The predicted molar refractivity (Wildman–Crippen MR) is 122 cm³/mol. The second-order valence-electron chi connectivity index (χ2n) is 8.68. The summed E-state index contributed by atoms with van der Waals surface area (Å²) in [6.45, 7) is 8.26. The second-order valence-corrected chi connectivity index (χ2v) is 9.74. The van der Waals surface area contributed by atoms with Crippen molar-refractivity contribution in [2.24, 2.45) is 7.05 Å². The van der Waals surface area contributed by atoms with Crippen molar-refractivity contribution in [3.63, 3.8) is 0 Å². The number of pyridine rings is 1. The Bertz CT molecular complexity index is 1220. The Balaban J connectivity index is 1.42. The lowest BCUT2D eigenvalue weighted by Gasteiger charge is -2.16. The number of ketones is 1. The fourth-order valence-corrected chi connectivity index (χ4v) is 4.03. The molecule has 0 bridgehead atoms. The molecule has 0 amide bonds. The number of carbonyl (C=O) groups is 1. The molecule has 0 saturated carbocycles. The van der Waals surface area contributed by atoms with Crippen LogP contribution >= 0.6 is 11.3 Å². The zero-order valence-corrected chi connectivity index (χ0v) is 19.1. The summed E-state index contributed by atoms with van der Waals surface area (Å²) in [6, 6.07) is 1.80. The van der Waals surface area contributed by atoms with Gasteiger partial charge in [0.15, 0.2) is 10.9 Å². The highest BCUT2D eigenvalue weighted by Gasteiger charge is 2.19. The molecule has 4 rings (SSSR count). The number of aryl methyl sites for hydroxylation is 1. The van der Waals surface area contributed by atoms with Crippen LogP contribution in [0.2, 0.25) is 0 Å². The predicted octanol–water partition coefficient (Wildman–Crippen LogP) is 4.63. The topological polar surface area (TPSA) is 98.5 Å². The Kier molecular flexibility index (Phi) is 5.53. The van der Waals surface area contributed by atoms with Crippen LogP contribution in [0.25, 0.3) is 11.0 Å². The molecule has 31 heavy (non-hydrogen) atoms. The zero-order valence-electron chi connectivity index (χ0n) is 18.2. The lowest BCUT2D eigenvalue weighted by molar-refractivity contribution is 0.0971. The van der Waals surface area contributed by atoms with Crippen LogP contribution < -0.4 is 5.32 Å². The third kappa shape index (κ3) is 4.61. The summed E-state index contributed by atoms with van der Waals surface area (Å²) in [5.74, 6) is 0.830. The molecular weight excluding hydrogens is 410 g/mol. The van der Waals surface area contributed by atoms with Gasteiger partial charge in [0.25, 0.3) is 0 Å². The van der Waals surface area contributed by atoms with Crippen molar-refractivity contribution in [2.45, 2.75) is 45.4 Å². The molecule has 1 N–H and O–H groups in total. The minimum Gasteiger partial charge on any atom is -0.334 e. The van der Waals surface area contributed by atoms with E-state index in [2.05, 4.69) is 51.0 Å². The van der Waals surface area contributed by atoms with Crippen molar-refractivity contribution in [3.05, 3.63) is 53.6 Å². The Morgan fingerprint density at radius 3 is 2.55 bits per heavy atom. The van der Waals surface area contributed by atoms with E-state index in [1.54, 1.807) is 31.0 Å². The normalized spacial score (nSPS) is 12.8. The molecule has 0 aromatic carbocycles. The molecule has 1 unspecified atom stereocenters. The quantitative estimate of drug-likeness (QED) is 0.441. The number of hydrogen-bond donors (Lipinski definition) is 1. The van der Waals surface area contributed by atoms with Gasteiger partial charge in [-0.05, 0) is 12.0 Å². The summed E-state index contributed by atoms with van der Waals surface area (Å²) in [5.41, 5.74) is 2.83. The fraction of sp³-hybridized carbons (Fsp3) is 0.364. The SMILES string of the molecule is CC(CC(=O)c1cc2c(cn1)ncn2C)c1cnc(Nc2cnc(C(C)(C)C)nc2)s1. The largest absolute Gasteiger partial charge is 0.334 e. The van der Waals surface area contributed by atoms with Crippen molar-refractivity contribution in [3.8, 4) is 0 Å². The maximum absolute atomic E-state index is 12.8. The summed E-state index contributed by atoms with van der Waals surface area (Å²) in [6.07, 6.45) is 9.07. The van der Waals surface area contributed by atoms with Crippen molar-refractivity contribution in [1.82, 2.24) is 29.5 Å². The number of anilines is 2. The van der Waals surface area contributed by atoms with E-state index < -0.39 is 0 Å². The van der Waals surface area contributed by atoms with Crippen LogP contribution in [0, 0.1) is 0 Å². The summed E-state index contributed by atoms with van der Waals surface area (Å²) >= 11 is 1.52. The lowest BCUT2D eigenvalue weighted by atomic mass is 9.96. The minimum atomic E-state index is -0.0923. The Morgan fingerprint density at radius 1 is 1.10 bits per heavy atom. The molecule has 0 aliphatic carbocycles. The van der Waals surface area contributed by atoms with E-state index in [1.165, 1.54) is 11.3 Å². The van der Waals surface area contributed by atoms with Crippen LogP contribution in [0.3, 0.4) is 0 Å². The van der Waals surface area contributed by atoms with Crippen molar-refractivity contribution < 1.29 is 4.79 Å². The van der Waals surface area contributed by atoms with Crippen LogP contribution in [-0.2, 0) is 12.5 Å². The first-order chi connectivity index (χ1) is 14.7. The van der Waals surface area contributed by atoms with E-state index in [0.29, 0.717) is 12.1 Å². The summed E-state index contributed by atoms with van der Waals surface area (Å²) in [4.78, 5) is 35.6. The monoisotopic (exact) mass is 435 g/mol. The van der Waals surface area contributed by atoms with Crippen LogP contribution in [0.15, 0.2) is 37.2 Å². The first kappa shape index (κ1) is 21.0. The average Bonchev–Trinajstić information content (AvgIpc) is 3.34. The van der Waals surface area contributed by atoms with E-state index in [0.717, 1.165) is 32.6 Å². The smallest absolute Gasteiger partial charge is 0.187 e. The van der Waals surface area contributed by atoms with Gasteiger partial charge < -0.3 is 9.88 Å². The molecule has 160 valence electrons. The van der Waals surface area contributed by atoms with Crippen LogP contribution in [0.1, 0.15) is 61.2 Å². The maximum Gasteiger partial charge on any atom is 0.187 e. The van der Waals surface area contributed by atoms with Crippen LogP contribution in [0.4, 0.5) is 10.8 Å². The number of aromatic nitrogens is 6. The number of thiazole rings is 1. The van der Waals surface area contributed by atoms with Gasteiger partial charge in [0.2, 0.25) is 0 Å². The van der Waals surface area contributed by atoms with E-state index in [9.17, 15) is 4.79 Å². The van der Waals surface area contributed by atoms with E-state index in [1.807, 2.05) is 24.7 Å². The third-order valence-corrected chi connectivity index (χ3v) is 6.12. The van der Waals surface area contributed by atoms with Gasteiger partial charge in [0, 0.05) is 30.0 Å². The number of rotatable bonds is 6. The highest BCUT2D eigenvalue weighted by molar-refractivity contribution is 7.15. The van der Waals surface area contributed by atoms with Crippen LogP contribution in [0.5, 0.6) is 0 Å². The van der Waals surface area contributed by atoms with Crippen molar-refractivity contribution in [2.75, 3.05) is 5.32 Å². The molecule has 4 heterocycles.